The van der Waals surface area contributed by atoms with Crippen molar-refractivity contribution in [1.82, 2.24) is 14.3 Å². The summed E-state index contributed by atoms with van der Waals surface area (Å²) in [7, 11) is 1.46. The summed E-state index contributed by atoms with van der Waals surface area (Å²) in [4.78, 5) is 23.7. The molecule has 2 rings (SSSR count). The molecule has 0 saturated heterocycles. The van der Waals surface area contributed by atoms with E-state index in [0.29, 0.717) is 10.4 Å². The molecule has 0 amide bonds. The van der Waals surface area contributed by atoms with Crippen LogP contribution in [-0.4, -0.2) is 32.9 Å². The van der Waals surface area contributed by atoms with Gasteiger partial charge in [0.25, 0.3) is 0 Å². The van der Waals surface area contributed by atoms with Crippen molar-refractivity contribution < 1.29 is 13.9 Å². The van der Waals surface area contributed by atoms with Gasteiger partial charge in [-0.25, -0.2) is 9.59 Å². The van der Waals surface area contributed by atoms with Crippen LogP contribution in [0.2, 0.25) is 0 Å². The zero-order chi connectivity index (χ0) is 14.5. The molecule has 6 nitrogen and oxygen atoms in total. The second-order valence-corrected chi connectivity index (χ2v) is 4.82. The van der Waals surface area contributed by atoms with Crippen molar-refractivity contribution in [1.29, 1.82) is 0 Å². The number of para-hydroxylation sites is 1. The molecule has 0 unspecified atom stereocenters. The Labute approximate surface area is 118 Å². The lowest BCUT2D eigenvalue weighted by Gasteiger charge is -2.01. The van der Waals surface area contributed by atoms with E-state index in [-0.39, 0.29) is 10.9 Å². The van der Waals surface area contributed by atoms with E-state index in [2.05, 4.69) is 5.10 Å². The predicted molar refractivity (Wildman–Crippen MR) is 72.0 cm³/mol. The van der Waals surface area contributed by atoms with Gasteiger partial charge in [-0.15, -0.1) is 9.78 Å². The largest absolute Gasteiger partial charge is 0.444 e. The van der Waals surface area contributed by atoms with Gasteiger partial charge in [-0.2, -0.15) is 0 Å². The van der Waals surface area contributed by atoms with Crippen molar-refractivity contribution in [3.05, 3.63) is 40.8 Å². The Morgan fingerprint density at radius 1 is 1.40 bits per heavy atom. The summed E-state index contributed by atoms with van der Waals surface area (Å²) in [6.07, 6.45) is -0.899. The molecular formula is C12H12FN3O3S. The normalized spacial score (nSPS) is 10.5. The molecule has 0 aliphatic heterocycles. The average Bonchev–Trinajstić information content (AvgIpc) is 2.74. The molecule has 1 heterocycles. The predicted octanol–water partition coefficient (Wildman–Crippen LogP) is 1.69. The van der Waals surface area contributed by atoms with E-state index in [9.17, 15) is 14.0 Å². The first-order chi connectivity index (χ1) is 9.63. The van der Waals surface area contributed by atoms with Gasteiger partial charge in [-0.05, 0) is 12.1 Å². The molecule has 0 saturated carbocycles. The van der Waals surface area contributed by atoms with Crippen LogP contribution in [0.3, 0.4) is 0 Å². The van der Waals surface area contributed by atoms with Crippen LogP contribution in [0.5, 0.6) is 5.75 Å². The number of carbonyl (C=O) groups excluding carboxylic acids is 1. The number of halogens is 1. The highest BCUT2D eigenvalue weighted by atomic mass is 32.2. The smallest absolute Gasteiger partial charge is 0.409 e. The van der Waals surface area contributed by atoms with Gasteiger partial charge in [0.1, 0.15) is 5.75 Å². The summed E-state index contributed by atoms with van der Waals surface area (Å²) in [5.41, 5.74) is -0.632. The number of aromatic nitrogens is 3. The van der Waals surface area contributed by atoms with Crippen molar-refractivity contribution in [2.24, 2.45) is 7.05 Å². The Kier molecular flexibility index (Phi) is 4.57. The van der Waals surface area contributed by atoms with Gasteiger partial charge in [-0.3, -0.25) is 8.96 Å². The van der Waals surface area contributed by atoms with Crippen molar-refractivity contribution in [2.45, 2.75) is 5.16 Å². The van der Waals surface area contributed by atoms with Gasteiger partial charge in [0.15, 0.2) is 5.16 Å². The Bertz CT molecular complexity index is 654. The first-order valence-electron chi connectivity index (χ1n) is 5.75. The van der Waals surface area contributed by atoms with Crippen LogP contribution in [0.15, 0.2) is 40.3 Å². The number of carbonyl (C=O) groups is 1. The molecule has 0 fully saturated rings. The van der Waals surface area contributed by atoms with E-state index in [0.717, 1.165) is 11.8 Å². The minimum absolute atomic E-state index is 0.165. The SMILES string of the molecule is Cn1c(SCCF)nn(C(=O)Oc2ccccc2)c1=O. The molecule has 20 heavy (non-hydrogen) atoms. The number of thioether (sulfide) groups is 1. The molecule has 0 bridgehead atoms. The zero-order valence-electron chi connectivity index (χ0n) is 10.7. The van der Waals surface area contributed by atoms with Gasteiger partial charge >= 0.3 is 11.8 Å². The average molecular weight is 297 g/mol. The lowest BCUT2D eigenvalue weighted by Crippen LogP contribution is -2.31. The number of nitrogens with zero attached hydrogens (tertiary/aromatic N) is 3. The van der Waals surface area contributed by atoms with Crippen LogP contribution >= 0.6 is 11.8 Å². The van der Waals surface area contributed by atoms with E-state index in [4.69, 9.17) is 4.74 Å². The van der Waals surface area contributed by atoms with E-state index in [1.54, 1.807) is 30.3 Å². The maximum atomic E-state index is 12.1. The maximum absolute atomic E-state index is 12.1. The lowest BCUT2D eigenvalue weighted by atomic mass is 10.3. The van der Waals surface area contributed by atoms with Crippen molar-refractivity contribution in [3.8, 4) is 5.75 Å². The van der Waals surface area contributed by atoms with Crippen molar-refractivity contribution in [2.75, 3.05) is 12.4 Å². The van der Waals surface area contributed by atoms with Gasteiger partial charge in [0.05, 0.1) is 6.67 Å². The molecule has 0 aliphatic rings. The fourth-order valence-corrected chi connectivity index (χ4v) is 2.10. The Hall–Kier alpha value is -2.09. The summed E-state index contributed by atoms with van der Waals surface area (Å²) in [6.45, 7) is -0.541. The molecule has 106 valence electrons. The molecule has 1 aromatic carbocycles. The van der Waals surface area contributed by atoms with E-state index in [1.165, 1.54) is 11.6 Å². The number of rotatable bonds is 4. The summed E-state index contributed by atoms with van der Waals surface area (Å²) in [5.74, 6) is 0.478. The minimum Gasteiger partial charge on any atom is -0.409 e. The number of hydrogen-bond acceptors (Lipinski definition) is 5. The third-order valence-corrected chi connectivity index (χ3v) is 3.34. The second kappa shape index (κ2) is 6.38. The van der Waals surface area contributed by atoms with Crippen LogP contribution in [0, 0.1) is 0 Å². The number of hydrogen-bond donors (Lipinski definition) is 0. The molecule has 0 spiro atoms. The van der Waals surface area contributed by atoms with Gasteiger partial charge in [0.2, 0.25) is 0 Å². The van der Waals surface area contributed by atoms with Crippen LogP contribution in [0.1, 0.15) is 0 Å². The van der Waals surface area contributed by atoms with E-state index >= 15 is 0 Å². The van der Waals surface area contributed by atoms with Crippen molar-refractivity contribution >= 4 is 17.9 Å². The first-order valence-corrected chi connectivity index (χ1v) is 6.74. The van der Waals surface area contributed by atoms with Crippen LogP contribution in [-0.2, 0) is 7.05 Å². The summed E-state index contributed by atoms with van der Waals surface area (Å²) in [6, 6.07) is 8.35. The minimum atomic E-state index is -0.899. The first kappa shape index (κ1) is 14.3. The molecule has 1 aromatic heterocycles. The third kappa shape index (κ3) is 3.08. The molecule has 0 N–H and O–H groups in total. The van der Waals surface area contributed by atoms with Crippen molar-refractivity contribution in [3.63, 3.8) is 0 Å². The summed E-state index contributed by atoms with van der Waals surface area (Å²) >= 11 is 1.05. The van der Waals surface area contributed by atoms with Gasteiger partial charge < -0.3 is 4.74 Å². The highest BCUT2D eigenvalue weighted by Gasteiger charge is 2.18. The van der Waals surface area contributed by atoms with Crippen LogP contribution < -0.4 is 10.4 Å². The van der Waals surface area contributed by atoms with Gasteiger partial charge in [0, 0.05) is 12.8 Å². The molecule has 0 radical (unpaired) electrons. The van der Waals surface area contributed by atoms with E-state index in [1.807, 2.05) is 0 Å². The number of alkyl halides is 1. The summed E-state index contributed by atoms with van der Waals surface area (Å²) < 4.78 is 18.9. The standard InChI is InChI=1S/C12H12FN3O3S/c1-15-10(20-8-7-13)14-16(11(15)17)12(18)19-9-5-3-2-4-6-9/h2-6H,7-8H2,1H3. The van der Waals surface area contributed by atoms with E-state index < -0.39 is 18.5 Å². The third-order valence-electron chi connectivity index (χ3n) is 2.37. The highest BCUT2D eigenvalue weighted by Crippen LogP contribution is 2.13. The topological polar surface area (TPSA) is 66.1 Å². The fourth-order valence-electron chi connectivity index (χ4n) is 1.43. The lowest BCUT2D eigenvalue weighted by molar-refractivity contribution is 0.197. The molecule has 8 heteroatoms. The fraction of sp³-hybridized carbons (Fsp3) is 0.250. The zero-order valence-corrected chi connectivity index (χ0v) is 11.5. The molecule has 0 aliphatic carbocycles. The molecule has 2 aromatic rings. The van der Waals surface area contributed by atoms with Crippen LogP contribution in [0.4, 0.5) is 9.18 Å². The second-order valence-electron chi connectivity index (χ2n) is 3.75. The number of ether oxygens (including phenoxy) is 1. The Balaban J connectivity index is 2.20. The monoisotopic (exact) mass is 297 g/mol. The Morgan fingerprint density at radius 3 is 2.75 bits per heavy atom. The number of benzene rings is 1. The quantitative estimate of drug-likeness (QED) is 0.803. The van der Waals surface area contributed by atoms with Crippen LogP contribution in [0.25, 0.3) is 0 Å². The van der Waals surface area contributed by atoms with Gasteiger partial charge in [-0.1, -0.05) is 30.0 Å². The molecule has 0 atom stereocenters. The highest BCUT2D eigenvalue weighted by molar-refractivity contribution is 7.99. The Morgan fingerprint density at radius 2 is 2.10 bits per heavy atom. The molecular weight excluding hydrogens is 285 g/mol. The maximum Gasteiger partial charge on any atom is 0.444 e. The summed E-state index contributed by atoms with van der Waals surface area (Å²) in [5, 5.41) is 4.09.